The SMILES string of the molecule is O=S(=O)([O-])c1cc(NS(=O)(=O)c2cccc(C(F)(F)F)c2)ccc1/C=C/c1ccc(NS(=O)(=O)c2cccc(C(F)(F)F)c2)cc1S(=O)(=O)[O-]. The predicted octanol–water partition coefficient (Wildman–Crippen LogP) is 5.30. The van der Waals surface area contributed by atoms with Gasteiger partial charge >= 0.3 is 12.4 Å². The van der Waals surface area contributed by atoms with Crippen LogP contribution in [-0.4, -0.2) is 42.8 Å². The monoisotopic (exact) mass is 784 g/mol. The number of sulfonamides is 2. The first-order valence-corrected chi connectivity index (χ1v) is 18.8. The van der Waals surface area contributed by atoms with Crippen molar-refractivity contribution in [3.63, 3.8) is 0 Å². The smallest absolute Gasteiger partial charge is 0.416 e. The third-order valence-corrected chi connectivity index (χ3v) is 11.0. The average Bonchev–Trinajstić information content (AvgIpc) is 2.99. The zero-order valence-electron chi connectivity index (χ0n) is 24.2. The van der Waals surface area contributed by atoms with E-state index in [1.165, 1.54) is 0 Å². The fraction of sp³-hybridized carbons (Fsp3) is 0.0714. The summed E-state index contributed by atoms with van der Waals surface area (Å²) in [4.78, 5) is -3.88. The number of anilines is 2. The maximum absolute atomic E-state index is 13.1. The molecule has 268 valence electrons. The molecule has 0 aliphatic rings. The second-order valence-corrected chi connectivity index (χ2v) is 16.1. The normalized spacial score (nSPS) is 13.4. The Morgan fingerprint density at radius 1 is 0.500 bits per heavy atom. The minimum atomic E-state index is -5.42. The summed E-state index contributed by atoms with van der Waals surface area (Å²) in [5, 5.41) is 0. The largest absolute Gasteiger partial charge is 0.744 e. The molecule has 0 spiro atoms. The third kappa shape index (κ3) is 9.19. The van der Waals surface area contributed by atoms with Gasteiger partial charge in [-0.2, -0.15) is 26.3 Å². The molecule has 0 radical (unpaired) electrons. The van der Waals surface area contributed by atoms with Gasteiger partial charge in [-0.1, -0.05) is 36.4 Å². The maximum atomic E-state index is 13.1. The standard InChI is InChI=1S/C28H20F6N2O10S4/c29-27(30,31)19-3-1-5-23(13-19)47(37,38)35-21-11-9-17(25(15-21)49(41,42)43)7-8-18-10-12-22(16-26(18)50(44,45)46)36-48(39,40)24-6-2-4-20(14-24)28(32,33)34/h1-16,35-36H,(H,41,42,43)(H,44,45,46)/p-2/b8-7+. The minimum absolute atomic E-state index is 0.313. The molecule has 0 atom stereocenters. The van der Waals surface area contributed by atoms with Gasteiger partial charge in [0.1, 0.15) is 20.2 Å². The summed E-state index contributed by atoms with van der Waals surface area (Å²) < 4.78 is 205. The summed E-state index contributed by atoms with van der Waals surface area (Å²) in [6.45, 7) is 0. The summed E-state index contributed by atoms with van der Waals surface area (Å²) in [5.74, 6) is 0. The molecule has 0 saturated heterocycles. The van der Waals surface area contributed by atoms with Gasteiger partial charge in [-0.05, 0) is 71.8 Å². The lowest BCUT2D eigenvalue weighted by molar-refractivity contribution is -0.138. The van der Waals surface area contributed by atoms with Gasteiger partial charge in [0.2, 0.25) is 0 Å². The molecule has 22 heteroatoms. The Kier molecular flexibility index (Phi) is 10.2. The first kappa shape index (κ1) is 38.3. The lowest BCUT2D eigenvalue weighted by Crippen LogP contribution is -2.15. The van der Waals surface area contributed by atoms with Gasteiger partial charge < -0.3 is 9.11 Å². The van der Waals surface area contributed by atoms with E-state index in [9.17, 15) is 69.1 Å². The number of hydrogen-bond donors (Lipinski definition) is 2. The fourth-order valence-electron chi connectivity index (χ4n) is 4.19. The summed E-state index contributed by atoms with van der Waals surface area (Å²) in [6.07, 6.45) is -8.14. The van der Waals surface area contributed by atoms with Gasteiger partial charge in [0.25, 0.3) is 20.0 Å². The van der Waals surface area contributed by atoms with E-state index in [1.54, 1.807) is 0 Å². The van der Waals surface area contributed by atoms with Crippen LogP contribution in [0, 0.1) is 0 Å². The lowest BCUT2D eigenvalue weighted by Gasteiger charge is -2.16. The van der Waals surface area contributed by atoms with E-state index in [4.69, 9.17) is 0 Å². The van der Waals surface area contributed by atoms with Crippen LogP contribution in [0.25, 0.3) is 12.2 Å². The molecule has 0 saturated carbocycles. The maximum Gasteiger partial charge on any atom is 0.416 e. The third-order valence-electron chi connectivity index (χ3n) is 6.46. The Balaban J connectivity index is 1.68. The number of hydrogen-bond acceptors (Lipinski definition) is 10. The quantitative estimate of drug-likeness (QED) is 0.120. The van der Waals surface area contributed by atoms with Gasteiger partial charge in [0, 0.05) is 0 Å². The molecule has 12 nitrogen and oxygen atoms in total. The highest BCUT2D eigenvalue weighted by Gasteiger charge is 2.33. The molecule has 0 aliphatic heterocycles. The van der Waals surface area contributed by atoms with Crippen molar-refractivity contribution in [1.29, 1.82) is 0 Å². The minimum Gasteiger partial charge on any atom is -0.744 e. The summed E-state index contributed by atoms with van der Waals surface area (Å²) >= 11 is 0. The van der Waals surface area contributed by atoms with Crippen LogP contribution in [-0.2, 0) is 52.6 Å². The van der Waals surface area contributed by atoms with Crippen LogP contribution in [0.2, 0.25) is 0 Å². The zero-order chi connectivity index (χ0) is 37.5. The summed E-state index contributed by atoms with van der Waals surface area (Å²) in [7, 11) is -20.4. The first-order valence-electron chi connectivity index (χ1n) is 13.1. The van der Waals surface area contributed by atoms with Crippen molar-refractivity contribution in [2.45, 2.75) is 31.9 Å². The molecule has 4 aromatic carbocycles. The molecule has 0 aromatic heterocycles. The molecule has 0 amide bonds. The number of alkyl halides is 6. The van der Waals surface area contributed by atoms with Crippen molar-refractivity contribution in [1.82, 2.24) is 0 Å². The molecule has 4 aromatic rings. The van der Waals surface area contributed by atoms with E-state index in [2.05, 4.69) is 0 Å². The first-order chi connectivity index (χ1) is 22.8. The predicted molar refractivity (Wildman–Crippen MR) is 162 cm³/mol. The Bertz CT molecular complexity index is 2280. The average molecular weight is 785 g/mol. The number of rotatable bonds is 10. The van der Waals surface area contributed by atoms with Crippen molar-refractivity contribution in [3.8, 4) is 0 Å². The van der Waals surface area contributed by atoms with Gasteiger partial charge in [0.15, 0.2) is 0 Å². The van der Waals surface area contributed by atoms with Crippen LogP contribution in [0.1, 0.15) is 22.3 Å². The topological polar surface area (TPSA) is 207 Å². The Hall–Kier alpha value is -4.48. The second-order valence-electron chi connectivity index (χ2n) is 10.0. The summed E-state index contributed by atoms with van der Waals surface area (Å²) in [6, 6.07) is 9.74. The number of benzene rings is 4. The van der Waals surface area contributed by atoms with Crippen molar-refractivity contribution in [3.05, 3.63) is 107 Å². The van der Waals surface area contributed by atoms with Crippen LogP contribution < -0.4 is 9.44 Å². The molecule has 0 fully saturated rings. The second kappa shape index (κ2) is 13.3. The van der Waals surface area contributed by atoms with Crippen LogP contribution in [0.5, 0.6) is 0 Å². The van der Waals surface area contributed by atoms with E-state index in [1.807, 2.05) is 9.44 Å². The lowest BCUT2D eigenvalue weighted by atomic mass is 10.1. The zero-order valence-corrected chi connectivity index (χ0v) is 27.5. The van der Waals surface area contributed by atoms with Crippen molar-refractivity contribution < 1.29 is 69.1 Å². The molecule has 0 unspecified atom stereocenters. The fourth-order valence-corrected chi connectivity index (χ4v) is 7.77. The van der Waals surface area contributed by atoms with Crippen molar-refractivity contribution >= 4 is 63.8 Å². The Morgan fingerprint density at radius 3 is 1.14 bits per heavy atom. The number of halogens is 6. The molecule has 4 rings (SSSR count). The van der Waals surface area contributed by atoms with Crippen LogP contribution in [0.15, 0.2) is 105 Å². The van der Waals surface area contributed by atoms with Crippen molar-refractivity contribution in [2.75, 3.05) is 9.44 Å². The molecule has 2 N–H and O–H groups in total. The van der Waals surface area contributed by atoms with Crippen molar-refractivity contribution in [2.24, 2.45) is 0 Å². The highest BCUT2D eigenvalue weighted by atomic mass is 32.2. The Labute approximate surface area is 280 Å². The molecule has 0 heterocycles. The van der Waals surface area contributed by atoms with E-state index in [0.29, 0.717) is 36.4 Å². The van der Waals surface area contributed by atoms with Crippen LogP contribution in [0.3, 0.4) is 0 Å². The van der Waals surface area contributed by atoms with Gasteiger partial charge in [-0.3, -0.25) is 9.44 Å². The highest BCUT2D eigenvalue weighted by Crippen LogP contribution is 2.33. The highest BCUT2D eigenvalue weighted by molar-refractivity contribution is 7.93. The van der Waals surface area contributed by atoms with Gasteiger partial charge in [0.05, 0.1) is 42.1 Å². The molecule has 50 heavy (non-hydrogen) atoms. The Morgan fingerprint density at radius 2 is 0.840 bits per heavy atom. The van der Waals surface area contributed by atoms with Gasteiger partial charge in [-0.15, -0.1) is 0 Å². The van der Waals surface area contributed by atoms with E-state index in [0.717, 1.165) is 60.7 Å². The van der Waals surface area contributed by atoms with E-state index in [-0.39, 0.29) is 0 Å². The summed E-state index contributed by atoms with van der Waals surface area (Å²) in [5.41, 5.74) is -4.71. The van der Waals surface area contributed by atoms with Gasteiger partial charge in [-0.25, -0.2) is 33.7 Å². The van der Waals surface area contributed by atoms with E-state index < -0.39 is 106 Å². The van der Waals surface area contributed by atoms with Crippen LogP contribution in [0.4, 0.5) is 37.7 Å². The molecular weight excluding hydrogens is 767 g/mol. The van der Waals surface area contributed by atoms with Crippen LogP contribution >= 0.6 is 0 Å². The number of nitrogens with one attached hydrogen (secondary N) is 2. The molecule has 0 aliphatic carbocycles. The molecule has 0 bridgehead atoms. The molecular formula is C28H18F6N2O10S4-2. The van der Waals surface area contributed by atoms with E-state index >= 15 is 0 Å².